The van der Waals surface area contributed by atoms with E-state index < -0.39 is 5.82 Å². The van der Waals surface area contributed by atoms with Crippen LogP contribution in [0, 0.1) is 5.82 Å². The van der Waals surface area contributed by atoms with Crippen LogP contribution in [0.1, 0.15) is 25.7 Å². The van der Waals surface area contributed by atoms with Crippen LogP contribution in [-0.2, 0) is 0 Å². The molecule has 1 heterocycles. The summed E-state index contributed by atoms with van der Waals surface area (Å²) >= 11 is 7.01. The maximum absolute atomic E-state index is 14.0. The number of nitrogens with two attached hydrogens (primary N) is 1. The summed E-state index contributed by atoms with van der Waals surface area (Å²) in [5, 5.41) is 13.3. The molecule has 0 unspecified atom stereocenters. The molecule has 1 saturated carbocycles. The molecule has 4 N–H and O–H groups in total. The molecule has 0 radical (unpaired) electrons. The molecule has 0 atom stereocenters. The van der Waals surface area contributed by atoms with E-state index in [2.05, 4.69) is 15.3 Å². The maximum Gasteiger partial charge on any atom is 0.221 e. The summed E-state index contributed by atoms with van der Waals surface area (Å²) in [6.07, 6.45) is 4.57. The van der Waals surface area contributed by atoms with Crippen LogP contribution >= 0.6 is 23.4 Å². The molecular formula is C16H18ClFN4OS. The number of hydrogen-bond donors (Lipinski definition) is 3. The molecule has 5 nitrogen and oxygen atoms in total. The molecule has 0 amide bonds. The van der Waals surface area contributed by atoms with Gasteiger partial charge in [-0.15, -0.1) is 0 Å². The number of anilines is 2. The van der Waals surface area contributed by atoms with Gasteiger partial charge in [-0.25, -0.2) is 9.37 Å². The smallest absolute Gasteiger partial charge is 0.221 e. The molecule has 1 aliphatic carbocycles. The summed E-state index contributed by atoms with van der Waals surface area (Å²) in [5.74, 6) is 0.355. The van der Waals surface area contributed by atoms with Crippen molar-refractivity contribution in [2.75, 3.05) is 11.1 Å². The summed E-state index contributed by atoms with van der Waals surface area (Å²) in [7, 11) is 0. The van der Waals surface area contributed by atoms with E-state index in [9.17, 15) is 9.50 Å². The van der Waals surface area contributed by atoms with Gasteiger partial charge >= 0.3 is 0 Å². The second kappa shape index (κ2) is 7.55. The largest absolute Gasteiger partial charge is 0.393 e. The molecule has 128 valence electrons. The fraction of sp³-hybridized carbons (Fsp3) is 0.375. The lowest BCUT2D eigenvalue weighted by Crippen LogP contribution is -2.28. The molecule has 0 saturated heterocycles. The van der Waals surface area contributed by atoms with Crippen LogP contribution in [0.5, 0.6) is 0 Å². The highest BCUT2D eigenvalue weighted by Gasteiger charge is 2.21. The number of nitrogens with zero attached hydrogens (tertiary/aromatic N) is 2. The molecule has 24 heavy (non-hydrogen) atoms. The van der Waals surface area contributed by atoms with E-state index in [1.165, 1.54) is 17.8 Å². The highest BCUT2D eigenvalue weighted by Crippen LogP contribution is 2.35. The first-order valence-electron chi connectivity index (χ1n) is 7.71. The number of aliphatic hydroxyl groups excluding tert-OH is 1. The van der Waals surface area contributed by atoms with Gasteiger partial charge in [-0.1, -0.05) is 23.4 Å². The summed E-state index contributed by atoms with van der Waals surface area (Å²) < 4.78 is 14.0. The number of aliphatic hydroxyl groups is 1. The van der Waals surface area contributed by atoms with E-state index in [-0.39, 0.29) is 18.1 Å². The molecule has 0 aliphatic heterocycles. The van der Waals surface area contributed by atoms with Crippen LogP contribution < -0.4 is 11.1 Å². The molecule has 0 bridgehead atoms. The van der Waals surface area contributed by atoms with Gasteiger partial charge in [0.1, 0.15) is 11.6 Å². The lowest BCUT2D eigenvalue weighted by Gasteiger charge is -2.27. The lowest BCUT2D eigenvalue weighted by atomic mass is 9.93. The third-order valence-electron chi connectivity index (χ3n) is 3.93. The van der Waals surface area contributed by atoms with Gasteiger partial charge in [0.2, 0.25) is 5.95 Å². The highest BCUT2D eigenvalue weighted by molar-refractivity contribution is 7.99. The Bertz CT molecular complexity index is 725. The first-order chi connectivity index (χ1) is 11.5. The van der Waals surface area contributed by atoms with E-state index in [1.54, 1.807) is 18.3 Å². The van der Waals surface area contributed by atoms with Crippen molar-refractivity contribution >= 4 is 35.1 Å². The van der Waals surface area contributed by atoms with Crippen molar-refractivity contribution < 1.29 is 9.50 Å². The van der Waals surface area contributed by atoms with Crippen molar-refractivity contribution in [3.63, 3.8) is 0 Å². The first kappa shape index (κ1) is 17.3. The van der Waals surface area contributed by atoms with Crippen molar-refractivity contribution in [1.82, 2.24) is 9.97 Å². The SMILES string of the molecule is Nc1ncc(Sc2ccc(Cl)cc2F)c(N[C@H]2CC[C@H](O)CC2)n1. The van der Waals surface area contributed by atoms with Gasteiger partial charge in [0.25, 0.3) is 0 Å². The maximum atomic E-state index is 14.0. The Morgan fingerprint density at radius 3 is 2.71 bits per heavy atom. The van der Waals surface area contributed by atoms with Gasteiger partial charge < -0.3 is 16.2 Å². The predicted octanol–water partition coefficient (Wildman–Crippen LogP) is 3.72. The minimum atomic E-state index is -0.393. The average Bonchev–Trinajstić information content (AvgIpc) is 2.54. The Labute approximate surface area is 148 Å². The molecule has 1 fully saturated rings. The zero-order valence-corrected chi connectivity index (χ0v) is 14.4. The third-order valence-corrected chi connectivity index (χ3v) is 5.23. The minimum Gasteiger partial charge on any atom is -0.393 e. The van der Waals surface area contributed by atoms with Gasteiger partial charge in [-0.2, -0.15) is 4.98 Å². The summed E-state index contributed by atoms with van der Waals surface area (Å²) in [5.41, 5.74) is 5.69. The van der Waals surface area contributed by atoms with Gasteiger partial charge in [0.15, 0.2) is 0 Å². The molecular weight excluding hydrogens is 351 g/mol. The van der Waals surface area contributed by atoms with E-state index in [0.717, 1.165) is 25.7 Å². The molecule has 3 rings (SSSR count). The summed E-state index contributed by atoms with van der Waals surface area (Å²) in [6.45, 7) is 0. The summed E-state index contributed by atoms with van der Waals surface area (Å²) in [6, 6.07) is 4.75. The number of nitrogen functional groups attached to an aromatic ring is 1. The molecule has 2 aromatic rings. The molecule has 1 aromatic heterocycles. The Kier molecular flexibility index (Phi) is 5.43. The highest BCUT2D eigenvalue weighted by atomic mass is 35.5. The standard InChI is InChI=1S/C16H18ClFN4OS/c17-9-1-6-13(12(18)7-9)24-14-8-20-16(19)22-15(14)21-10-2-4-11(23)5-3-10/h1,6-8,10-11,23H,2-5H2,(H3,19,20,21,22)/t10-,11-. The van der Waals surface area contributed by atoms with Crippen LogP contribution in [0.15, 0.2) is 34.2 Å². The van der Waals surface area contributed by atoms with Gasteiger partial charge in [0.05, 0.1) is 11.0 Å². The Hall–Kier alpha value is -1.57. The van der Waals surface area contributed by atoms with Crippen LogP contribution in [0.25, 0.3) is 0 Å². The third kappa shape index (κ3) is 4.28. The van der Waals surface area contributed by atoms with Crippen molar-refractivity contribution in [3.05, 3.63) is 35.2 Å². The number of halogens is 2. The summed E-state index contributed by atoms with van der Waals surface area (Å²) in [4.78, 5) is 9.39. The number of aromatic nitrogens is 2. The normalized spacial score (nSPS) is 20.8. The Morgan fingerprint density at radius 2 is 2.00 bits per heavy atom. The monoisotopic (exact) mass is 368 g/mol. The van der Waals surface area contributed by atoms with E-state index in [0.29, 0.717) is 20.6 Å². The van der Waals surface area contributed by atoms with Crippen molar-refractivity contribution in [2.45, 2.75) is 47.6 Å². The number of hydrogen-bond acceptors (Lipinski definition) is 6. The number of benzene rings is 1. The quantitative estimate of drug-likeness (QED) is 0.762. The minimum absolute atomic E-state index is 0.161. The van der Waals surface area contributed by atoms with Crippen molar-refractivity contribution in [2.24, 2.45) is 0 Å². The Balaban J connectivity index is 1.80. The first-order valence-corrected chi connectivity index (χ1v) is 8.90. The topological polar surface area (TPSA) is 84.1 Å². The zero-order chi connectivity index (χ0) is 17.1. The molecule has 8 heteroatoms. The van der Waals surface area contributed by atoms with E-state index in [1.807, 2.05) is 0 Å². The van der Waals surface area contributed by atoms with Crippen LogP contribution in [-0.4, -0.2) is 27.2 Å². The fourth-order valence-corrected chi connectivity index (χ4v) is 3.65. The van der Waals surface area contributed by atoms with E-state index in [4.69, 9.17) is 17.3 Å². The average molecular weight is 369 g/mol. The van der Waals surface area contributed by atoms with Crippen LogP contribution in [0.3, 0.4) is 0 Å². The van der Waals surface area contributed by atoms with Gasteiger partial charge in [-0.05, 0) is 43.9 Å². The molecule has 1 aromatic carbocycles. The fourth-order valence-electron chi connectivity index (χ4n) is 2.65. The lowest BCUT2D eigenvalue weighted by molar-refractivity contribution is 0.126. The van der Waals surface area contributed by atoms with Gasteiger partial charge in [-0.3, -0.25) is 0 Å². The second-order valence-corrected chi connectivity index (χ2v) is 7.29. The van der Waals surface area contributed by atoms with Crippen LogP contribution in [0.2, 0.25) is 5.02 Å². The van der Waals surface area contributed by atoms with E-state index >= 15 is 0 Å². The number of rotatable bonds is 4. The predicted molar refractivity (Wildman–Crippen MR) is 93.9 cm³/mol. The Morgan fingerprint density at radius 1 is 1.25 bits per heavy atom. The second-order valence-electron chi connectivity index (χ2n) is 5.77. The van der Waals surface area contributed by atoms with Crippen molar-refractivity contribution in [1.29, 1.82) is 0 Å². The van der Waals surface area contributed by atoms with Gasteiger partial charge in [0, 0.05) is 22.2 Å². The zero-order valence-electron chi connectivity index (χ0n) is 12.9. The van der Waals surface area contributed by atoms with Crippen LogP contribution in [0.4, 0.5) is 16.2 Å². The molecule has 0 spiro atoms. The molecule has 1 aliphatic rings. The number of nitrogens with one attached hydrogen (secondary N) is 1. The van der Waals surface area contributed by atoms with Crippen molar-refractivity contribution in [3.8, 4) is 0 Å².